The third kappa shape index (κ3) is 5.17. The normalized spacial score (nSPS) is 11.6. The van der Waals surface area contributed by atoms with Gasteiger partial charge in [-0.25, -0.2) is 9.97 Å². The maximum atomic E-state index is 6.30. The maximum Gasteiger partial charge on any atom is 0.235 e. The van der Waals surface area contributed by atoms with Gasteiger partial charge >= 0.3 is 0 Å². The van der Waals surface area contributed by atoms with Crippen molar-refractivity contribution in [1.29, 1.82) is 0 Å². The summed E-state index contributed by atoms with van der Waals surface area (Å²) in [5.74, 6) is 0.649. The molecule has 0 bridgehead atoms. The van der Waals surface area contributed by atoms with Crippen LogP contribution in [0.4, 0.5) is 17.1 Å². The zero-order valence-corrected chi connectivity index (χ0v) is 29.7. The van der Waals surface area contributed by atoms with Crippen molar-refractivity contribution >= 4 is 71.7 Å². The topological polar surface area (TPSA) is 47.1 Å². The van der Waals surface area contributed by atoms with Gasteiger partial charge in [-0.3, -0.25) is 4.57 Å². The molecular formula is C50H32N4O. The Morgan fingerprint density at radius 3 is 1.82 bits per heavy atom. The largest absolute Gasteiger partial charge is 0.456 e. The fraction of sp³-hybridized carbons (Fsp3) is 0. The first kappa shape index (κ1) is 31.1. The Labute approximate surface area is 317 Å². The van der Waals surface area contributed by atoms with Crippen LogP contribution in [-0.2, 0) is 0 Å². The molecule has 0 radical (unpaired) electrons. The molecule has 8 aromatic carbocycles. The predicted molar refractivity (Wildman–Crippen MR) is 227 cm³/mol. The molecule has 0 saturated carbocycles. The van der Waals surface area contributed by atoms with E-state index < -0.39 is 0 Å². The van der Waals surface area contributed by atoms with Gasteiger partial charge in [-0.15, -0.1) is 0 Å². The molecule has 11 rings (SSSR count). The lowest BCUT2D eigenvalue weighted by molar-refractivity contribution is 0.669. The van der Waals surface area contributed by atoms with Crippen LogP contribution >= 0.6 is 0 Å². The Morgan fingerprint density at radius 2 is 0.982 bits per heavy atom. The van der Waals surface area contributed by atoms with Crippen LogP contribution in [0, 0.1) is 0 Å². The van der Waals surface area contributed by atoms with E-state index in [4.69, 9.17) is 14.4 Å². The number of hydrogen-bond donors (Lipinski definition) is 0. The molecule has 0 N–H and O–H groups in total. The van der Waals surface area contributed by atoms with Crippen LogP contribution in [0.2, 0.25) is 0 Å². The molecule has 11 aromatic rings. The highest BCUT2D eigenvalue weighted by atomic mass is 16.3. The average Bonchev–Trinajstić information content (AvgIpc) is 3.79. The summed E-state index contributed by atoms with van der Waals surface area (Å²) in [6.45, 7) is 0. The monoisotopic (exact) mass is 704 g/mol. The number of para-hydroxylation sites is 4. The summed E-state index contributed by atoms with van der Waals surface area (Å²) in [7, 11) is 0. The number of furan rings is 1. The predicted octanol–water partition coefficient (Wildman–Crippen LogP) is 13.4. The zero-order valence-electron chi connectivity index (χ0n) is 29.7. The SMILES string of the molecule is c1ccc(-c2nc(-n3c4ccccc4c4ccc(-c5ccc(N(c6ccccc6)c6ccc7c(c6)oc6ccccc67)cc5)cc43)nc3ccccc23)cc1. The summed E-state index contributed by atoms with van der Waals surface area (Å²) in [6, 6.07) is 67.9. The van der Waals surface area contributed by atoms with Gasteiger partial charge in [-0.05, 0) is 71.8 Å². The molecule has 55 heavy (non-hydrogen) atoms. The minimum Gasteiger partial charge on any atom is -0.456 e. The second-order valence-corrected chi connectivity index (χ2v) is 13.8. The van der Waals surface area contributed by atoms with Crippen LogP contribution in [0.15, 0.2) is 199 Å². The minimum absolute atomic E-state index is 0.649. The Morgan fingerprint density at radius 1 is 0.382 bits per heavy atom. The van der Waals surface area contributed by atoms with Crippen LogP contribution in [0.25, 0.3) is 83.0 Å². The molecule has 5 nitrogen and oxygen atoms in total. The van der Waals surface area contributed by atoms with E-state index in [0.717, 1.165) is 94.1 Å². The minimum atomic E-state index is 0.649. The van der Waals surface area contributed by atoms with Crippen LogP contribution < -0.4 is 4.90 Å². The van der Waals surface area contributed by atoms with Crippen LogP contribution in [0.1, 0.15) is 0 Å². The van der Waals surface area contributed by atoms with Gasteiger partial charge in [0.15, 0.2) is 0 Å². The number of fused-ring (bicyclic) bond motifs is 7. The van der Waals surface area contributed by atoms with Crippen molar-refractivity contribution in [3.05, 3.63) is 194 Å². The van der Waals surface area contributed by atoms with Crippen LogP contribution in [0.3, 0.4) is 0 Å². The van der Waals surface area contributed by atoms with E-state index in [2.05, 4.69) is 167 Å². The number of aromatic nitrogens is 3. The molecule has 0 aliphatic rings. The second-order valence-electron chi connectivity index (χ2n) is 13.8. The van der Waals surface area contributed by atoms with E-state index in [1.165, 1.54) is 0 Å². The third-order valence-electron chi connectivity index (χ3n) is 10.6. The van der Waals surface area contributed by atoms with Gasteiger partial charge in [0.25, 0.3) is 0 Å². The van der Waals surface area contributed by atoms with Crippen molar-refractivity contribution in [2.24, 2.45) is 0 Å². The van der Waals surface area contributed by atoms with Crippen LogP contribution in [-0.4, -0.2) is 14.5 Å². The van der Waals surface area contributed by atoms with Gasteiger partial charge in [0.1, 0.15) is 11.2 Å². The van der Waals surface area contributed by atoms with Crippen molar-refractivity contribution in [2.45, 2.75) is 0 Å². The van der Waals surface area contributed by atoms with E-state index in [-0.39, 0.29) is 0 Å². The molecule has 3 aromatic heterocycles. The molecule has 0 atom stereocenters. The highest BCUT2D eigenvalue weighted by Crippen LogP contribution is 2.40. The molecule has 3 heterocycles. The molecular weight excluding hydrogens is 673 g/mol. The summed E-state index contributed by atoms with van der Waals surface area (Å²) >= 11 is 0. The highest BCUT2D eigenvalue weighted by molar-refractivity contribution is 6.10. The van der Waals surface area contributed by atoms with Crippen molar-refractivity contribution in [3.8, 4) is 28.3 Å². The molecule has 0 saturated heterocycles. The Bertz CT molecular complexity index is 3200. The molecule has 0 aliphatic carbocycles. The summed E-state index contributed by atoms with van der Waals surface area (Å²) in [5.41, 5.74) is 12.2. The van der Waals surface area contributed by atoms with Crippen molar-refractivity contribution in [2.75, 3.05) is 4.90 Å². The van der Waals surface area contributed by atoms with Gasteiger partial charge in [0, 0.05) is 55.6 Å². The molecule has 0 unspecified atom stereocenters. The van der Waals surface area contributed by atoms with Gasteiger partial charge in [-0.1, -0.05) is 127 Å². The summed E-state index contributed by atoms with van der Waals surface area (Å²) in [5, 5.41) is 5.59. The molecule has 258 valence electrons. The van der Waals surface area contributed by atoms with E-state index in [1.54, 1.807) is 0 Å². The molecule has 0 spiro atoms. The number of anilines is 3. The molecule has 0 aliphatic heterocycles. The molecule has 5 heteroatoms. The fourth-order valence-corrected chi connectivity index (χ4v) is 8.03. The highest BCUT2D eigenvalue weighted by Gasteiger charge is 2.19. The van der Waals surface area contributed by atoms with Crippen molar-refractivity contribution in [3.63, 3.8) is 0 Å². The third-order valence-corrected chi connectivity index (χ3v) is 10.6. The first-order valence-electron chi connectivity index (χ1n) is 18.5. The number of benzene rings is 8. The molecule has 0 amide bonds. The second kappa shape index (κ2) is 12.6. The lowest BCUT2D eigenvalue weighted by Gasteiger charge is -2.25. The Balaban J connectivity index is 1.04. The van der Waals surface area contributed by atoms with E-state index >= 15 is 0 Å². The lowest BCUT2D eigenvalue weighted by atomic mass is 10.0. The smallest absolute Gasteiger partial charge is 0.235 e. The first-order chi connectivity index (χ1) is 27.3. The summed E-state index contributed by atoms with van der Waals surface area (Å²) < 4.78 is 8.52. The number of hydrogen-bond acceptors (Lipinski definition) is 4. The van der Waals surface area contributed by atoms with Gasteiger partial charge in [-0.2, -0.15) is 0 Å². The van der Waals surface area contributed by atoms with Gasteiger partial charge < -0.3 is 9.32 Å². The van der Waals surface area contributed by atoms with E-state index in [9.17, 15) is 0 Å². The average molecular weight is 705 g/mol. The Kier molecular flexibility index (Phi) is 7.10. The lowest BCUT2D eigenvalue weighted by Crippen LogP contribution is -2.09. The first-order valence-corrected chi connectivity index (χ1v) is 18.5. The number of rotatable bonds is 6. The number of nitrogens with zero attached hydrogens (tertiary/aromatic N) is 4. The van der Waals surface area contributed by atoms with E-state index in [1.807, 2.05) is 36.4 Å². The Hall–Kier alpha value is -7.50. The van der Waals surface area contributed by atoms with Gasteiger partial charge in [0.05, 0.1) is 22.2 Å². The summed E-state index contributed by atoms with van der Waals surface area (Å²) in [6.07, 6.45) is 0. The van der Waals surface area contributed by atoms with Crippen molar-refractivity contribution in [1.82, 2.24) is 14.5 Å². The van der Waals surface area contributed by atoms with Crippen LogP contribution in [0.5, 0.6) is 0 Å². The van der Waals surface area contributed by atoms with Crippen molar-refractivity contribution < 1.29 is 4.42 Å². The quantitative estimate of drug-likeness (QED) is 0.173. The van der Waals surface area contributed by atoms with Gasteiger partial charge in [0.2, 0.25) is 5.95 Å². The maximum absolute atomic E-state index is 6.30. The molecule has 0 fully saturated rings. The zero-order chi connectivity index (χ0) is 36.3. The standard InChI is InChI=1S/C50H32N4O/c1-3-13-34(14-4-1)49-43-19-7-10-20-44(43)51-50(52-49)54-45-21-11-8-17-39(45)40-29-25-35(31-46(40)54)33-23-26-37(27-24-33)53(36-15-5-2-6-16-36)38-28-30-42-41-18-9-12-22-47(41)55-48(42)32-38/h1-32H. The summed E-state index contributed by atoms with van der Waals surface area (Å²) in [4.78, 5) is 12.7. The van der Waals surface area contributed by atoms with E-state index in [0.29, 0.717) is 5.95 Å². The fourth-order valence-electron chi connectivity index (χ4n) is 8.03.